The summed E-state index contributed by atoms with van der Waals surface area (Å²) >= 11 is 0. The van der Waals surface area contributed by atoms with Crippen LogP contribution in [-0.4, -0.2) is 15.0 Å². The van der Waals surface area contributed by atoms with Crippen molar-refractivity contribution in [3.63, 3.8) is 0 Å². The molecule has 0 aliphatic heterocycles. The van der Waals surface area contributed by atoms with Crippen LogP contribution in [0.5, 0.6) is 0 Å². The third kappa shape index (κ3) is 5.89. The van der Waals surface area contributed by atoms with Gasteiger partial charge in [0.05, 0.1) is 6.57 Å². The van der Waals surface area contributed by atoms with Gasteiger partial charge in [-0.25, -0.2) is 19.8 Å². The molecule has 4 heteroatoms. The molecule has 8 aromatic rings. The van der Waals surface area contributed by atoms with Crippen LogP contribution in [0.15, 0.2) is 170 Å². The van der Waals surface area contributed by atoms with E-state index in [0.717, 1.165) is 50.1 Å². The molecule has 0 atom stereocenters. The van der Waals surface area contributed by atoms with Crippen LogP contribution in [0.25, 0.3) is 83.5 Å². The first kappa shape index (κ1) is 32.0. The van der Waals surface area contributed by atoms with Gasteiger partial charge in [0, 0.05) is 22.1 Å². The van der Waals surface area contributed by atoms with Gasteiger partial charge in [0.1, 0.15) is 0 Å². The zero-order valence-electron chi connectivity index (χ0n) is 29.5. The summed E-state index contributed by atoms with van der Waals surface area (Å²) in [5.41, 5.74) is 15.0. The van der Waals surface area contributed by atoms with Crippen molar-refractivity contribution < 1.29 is 0 Å². The highest BCUT2D eigenvalue weighted by molar-refractivity contribution is 5.86. The van der Waals surface area contributed by atoms with Crippen LogP contribution in [0.1, 0.15) is 25.0 Å². The number of benzene rings is 7. The molecule has 1 heterocycles. The molecule has 9 rings (SSSR count). The highest BCUT2D eigenvalue weighted by atomic mass is 15.0. The Labute approximate surface area is 310 Å². The molecule has 0 spiro atoms. The van der Waals surface area contributed by atoms with Crippen LogP contribution in [0.2, 0.25) is 0 Å². The minimum Gasteiger partial charge on any atom is -0.238 e. The summed E-state index contributed by atoms with van der Waals surface area (Å²) in [7, 11) is 0. The Morgan fingerprint density at radius 2 is 0.830 bits per heavy atom. The Hall–Kier alpha value is -6.96. The third-order valence-electron chi connectivity index (χ3n) is 10.3. The summed E-state index contributed by atoms with van der Waals surface area (Å²) in [6.07, 6.45) is 0. The van der Waals surface area contributed by atoms with Crippen molar-refractivity contribution in [1.82, 2.24) is 15.0 Å². The summed E-state index contributed by atoms with van der Waals surface area (Å²) in [6.45, 7) is 12.0. The lowest BCUT2D eigenvalue weighted by molar-refractivity contribution is 0.661. The van der Waals surface area contributed by atoms with Gasteiger partial charge in [0.25, 0.3) is 0 Å². The SMILES string of the molecule is [C-]#[N+]c1ccc2c(c1)C(C)(C)c1ccc(-c3cccc(-c4cccc(-c5nc(-c6ccccc6)nc(-c6cccc(-c7ccccc7)c6)n5)c4)c3)cc1-2. The Morgan fingerprint density at radius 3 is 1.40 bits per heavy atom. The third-order valence-corrected chi connectivity index (χ3v) is 10.3. The Bertz CT molecular complexity index is 2710. The fourth-order valence-electron chi connectivity index (χ4n) is 7.53. The van der Waals surface area contributed by atoms with E-state index < -0.39 is 0 Å². The Morgan fingerprint density at radius 1 is 0.377 bits per heavy atom. The average Bonchev–Trinajstić information content (AvgIpc) is 3.46. The second-order valence-corrected chi connectivity index (χ2v) is 14.0. The quantitative estimate of drug-likeness (QED) is 0.164. The highest BCUT2D eigenvalue weighted by Gasteiger charge is 2.35. The number of hydrogen-bond donors (Lipinski definition) is 0. The van der Waals surface area contributed by atoms with Crippen molar-refractivity contribution in [1.29, 1.82) is 0 Å². The molecule has 53 heavy (non-hydrogen) atoms. The second kappa shape index (κ2) is 13.0. The van der Waals surface area contributed by atoms with E-state index in [1.807, 2.05) is 42.5 Å². The molecule has 0 bridgehead atoms. The number of rotatable bonds is 6. The van der Waals surface area contributed by atoms with Gasteiger partial charge in [-0.2, -0.15) is 0 Å². The first-order valence-corrected chi connectivity index (χ1v) is 17.8. The van der Waals surface area contributed by atoms with Gasteiger partial charge >= 0.3 is 0 Å². The van der Waals surface area contributed by atoms with Crippen LogP contribution in [0.3, 0.4) is 0 Å². The number of aromatic nitrogens is 3. The van der Waals surface area contributed by atoms with E-state index in [4.69, 9.17) is 21.5 Å². The number of fused-ring (bicyclic) bond motifs is 3. The summed E-state index contributed by atoms with van der Waals surface area (Å²) in [4.78, 5) is 18.8. The van der Waals surface area contributed by atoms with Crippen molar-refractivity contribution in [2.24, 2.45) is 0 Å². The summed E-state index contributed by atoms with van der Waals surface area (Å²) in [5.74, 6) is 1.89. The van der Waals surface area contributed by atoms with Crippen LogP contribution in [0.4, 0.5) is 5.69 Å². The van der Waals surface area contributed by atoms with Gasteiger partial charge in [-0.3, -0.25) is 0 Å². The van der Waals surface area contributed by atoms with Crippen LogP contribution >= 0.6 is 0 Å². The van der Waals surface area contributed by atoms with Crippen molar-refractivity contribution in [2.45, 2.75) is 19.3 Å². The van der Waals surface area contributed by atoms with E-state index in [0.29, 0.717) is 23.2 Å². The van der Waals surface area contributed by atoms with Gasteiger partial charge in [0.2, 0.25) is 0 Å². The van der Waals surface area contributed by atoms with E-state index in [2.05, 4.69) is 146 Å². The summed E-state index contributed by atoms with van der Waals surface area (Å²) < 4.78 is 0. The molecule has 250 valence electrons. The molecule has 4 nitrogen and oxygen atoms in total. The van der Waals surface area contributed by atoms with E-state index in [1.54, 1.807) is 0 Å². The lowest BCUT2D eigenvalue weighted by Gasteiger charge is -2.21. The maximum atomic E-state index is 7.54. The fraction of sp³-hybridized carbons (Fsp3) is 0.0612. The fourth-order valence-corrected chi connectivity index (χ4v) is 7.53. The van der Waals surface area contributed by atoms with Crippen LogP contribution in [-0.2, 0) is 5.41 Å². The van der Waals surface area contributed by atoms with E-state index >= 15 is 0 Å². The monoisotopic (exact) mass is 678 g/mol. The predicted octanol–water partition coefficient (Wildman–Crippen LogP) is 12.7. The topological polar surface area (TPSA) is 43.0 Å². The maximum absolute atomic E-state index is 7.54. The zero-order valence-corrected chi connectivity index (χ0v) is 29.5. The lowest BCUT2D eigenvalue weighted by Crippen LogP contribution is -2.14. The molecule has 1 aromatic heterocycles. The molecule has 0 unspecified atom stereocenters. The van der Waals surface area contributed by atoms with E-state index in [1.165, 1.54) is 22.3 Å². The molecule has 0 saturated carbocycles. The smallest absolute Gasteiger partial charge is 0.187 e. The molecule has 0 N–H and O–H groups in total. The predicted molar refractivity (Wildman–Crippen MR) is 216 cm³/mol. The van der Waals surface area contributed by atoms with Crippen molar-refractivity contribution >= 4 is 5.69 Å². The van der Waals surface area contributed by atoms with Gasteiger partial charge in [-0.15, -0.1) is 0 Å². The van der Waals surface area contributed by atoms with Crippen molar-refractivity contribution in [2.75, 3.05) is 0 Å². The first-order valence-electron chi connectivity index (χ1n) is 17.8. The zero-order chi connectivity index (χ0) is 35.9. The first-order chi connectivity index (χ1) is 25.9. The van der Waals surface area contributed by atoms with Gasteiger partial charge in [-0.05, 0) is 79.9 Å². The lowest BCUT2D eigenvalue weighted by atomic mass is 9.82. The van der Waals surface area contributed by atoms with Gasteiger partial charge < -0.3 is 0 Å². The molecule has 0 saturated heterocycles. The Balaban J connectivity index is 1.10. The van der Waals surface area contributed by atoms with Crippen molar-refractivity contribution in [3.05, 3.63) is 192 Å². The number of nitrogens with zero attached hydrogens (tertiary/aromatic N) is 4. The highest BCUT2D eigenvalue weighted by Crippen LogP contribution is 2.50. The molecule has 1 aliphatic carbocycles. The largest absolute Gasteiger partial charge is 0.238 e. The molecule has 0 amide bonds. The minimum atomic E-state index is -0.161. The summed E-state index contributed by atoms with van der Waals surface area (Å²) in [5, 5.41) is 0. The Kier molecular flexibility index (Phi) is 7.83. The molecule has 1 aliphatic rings. The average molecular weight is 679 g/mol. The van der Waals surface area contributed by atoms with Crippen molar-refractivity contribution in [3.8, 4) is 78.7 Å². The molecule has 0 fully saturated rings. The molecular weight excluding hydrogens is 645 g/mol. The molecule has 7 aromatic carbocycles. The van der Waals surface area contributed by atoms with Gasteiger partial charge in [0.15, 0.2) is 23.2 Å². The standard InChI is InChI=1S/C49H34N4/c1-49(2)44-26-23-38(30-43(44)42-25-24-41(50-3)31-45(42)49)36-19-10-18-35(27-36)37-20-12-22-40(29-37)48-52-46(33-15-8-5-9-16-33)51-47(53-48)39-21-11-17-34(28-39)32-13-6-4-7-14-32/h4-31H,1-2H3. The van der Waals surface area contributed by atoms with Crippen LogP contribution < -0.4 is 0 Å². The molecular formula is C49H34N4. The minimum absolute atomic E-state index is 0.161. The molecule has 0 radical (unpaired) electrons. The second-order valence-electron chi connectivity index (χ2n) is 14.0. The maximum Gasteiger partial charge on any atom is 0.187 e. The van der Waals surface area contributed by atoms with E-state index in [-0.39, 0.29) is 5.41 Å². The van der Waals surface area contributed by atoms with Gasteiger partial charge in [-0.1, -0.05) is 159 Å². The normalized spacial score (nSPS) is 12.5. The summed E-state index contributed by atoms with van der Waals surface area (Å²) in [6, 6.07) is 58.9. The van der Waals surface area contributed by atoms with Crippen LogP contribution in [0, 0.1) is 6.57 Å². The van der Waals surface area contributed by atoms with E-state index in [9.17, 15) is 0 Å². The number of hydrogen-bond acceptors (Lipinski definition) is 3.